The molecule has 2 aromatic carbocycles. The Hall–Kier alpha value is -0.690. The van der Waals surface area contributed by atoms with Gasteiger partial charge in [-0.3, -0.25) is 28.6 Å². The molecule has 2 aromatic rings. The summed E-state index contributed by atoms with van der Waals surface area (Å²) in [5, 5.41) is 46.3. The molecule has 0 aliphatic heterocycles. The number of hydrogen-bond donors (Lipinski definition) is 0. The van der Waals surface area contributed by atoms with E-state index >= 15 is 0 Å². The number of hydrogen-bond acceptors (Lipinski definition) is 17. The van der Waals surface area contributed by atoms with Gasteiger partial charge in [-0.05, 0) is 30.3 Å². The molecular weight excluding hydrogens is 606 g/mol. The third-order valence-electron chi connectivity index (χ3n) is 4.26. The molecule has 0 heterocycles. The number of nitrogens with zero attached hydrogens (tertiary/aromatic N) is 4. The molecule has 0 aliphatic carbocycles. The molecule has 202 valence electrons. The standard InChI is InChI=1S/C18H20N4O12S3.2Na/c1-2-37(27,28)16-5-3-4-14(12-16)19-20-17-7-6-15(13-18(17)22(23)24)21(8-10-29-35-33-31-25)9-11-30-36-34-32-26;;/h2-7,12-13,25-26H,1,8-11H2;;/q;2*+1/p-2. The minimum Gasteiger partial charge on any atom is -0.691 e. The van der Waals surface area contributed by atoms with Gasteiger partial charge in [0.25, 0.3) is 5.69 Å². The molecule has 0 atom stereocenters. The topological polar surface area (TPSA) is 207 Å². The van der Waals surface area contributed by atoms with E-state index in [-0.39, 0.29) is 102 Å². The predicted molar refractivity (Wildman–Crippen MR) is 125 cm³/mol. The Bertz CT molecular complexity index is 1170. The van der Waals surface area contributed by atoms with Gasteiger partial charge in [-0.15, -0.1) is 13.8 Å². The van der Waals surface area contributed by atoms with E-state index in [1.165, 1.54) is 42.5 Å². The number of rotatable bonds is 18. The number of nitro groups is 1. The number of azo groups is 1. The molecule has 0 fully saturated rings. The Morgan fingerprint density at radius 3 is 2.13 bits per heavy atom. The second-order valence-electron chi connectivity index (χ2n) is 6.38. The number of anilines is 1. The van der Waals surface area contributed by atoms with Crippen LogP contribution < -0.4 is 74.5 Å². The first-order valence-electron chi connectivity index (χ1n) is 9.74. The summed E-state index contributed by atoms with van der Waals surface area (Å²) in [5.41, 5.74) is 0.0406. The van der Waals surface area contributed by atoms with Gasteiger partial charge >= 0.3 is 59.1 Å². The maximum atomic E-state index is 12.0. The molecule has 0 amide bonds. The average molecular weight is 625 g/mol. The van der Waals surface area contributed by atoms with E-state index in [4.69, 9.17) is 8.37 Å². The second-order valence-corrected chi connectivity index (χ2v) is 9.29. The van der Waals surface area contributed by atoms with E-state index < -0.39 is 20.4 Å². The summed E-state index contributed by atoms with van der Waals surface area (Å²) in [7, 11) is -3.70. The van der Waals surface area contributed by atoms with E-state index in [0.717, 1.165) is 5.41 Å². The summed E-state index contributed by atoms with van der Waals surface area (Å²) < 4.78 is 41.9. The maximum Gasteiger partial charge on any atom is 1.00 e. The second kappa shape index (κ2) is 21.1. The summed E-state index contributed by atoms with van der Waals surface area (Å²) >= 11 is 0.595. The number of sulfone groups is 1. The van der Waals surface area contributed by atoms with Gasteiger partial charge in [0.2, 0.25) is 0 Å². The van der Waals surface area contributed by atoms with Crippen LogP contribution in [0, 0.1) is 10.1 Å². The van der Waals surface area contributed by atoms with Gasteiger partial charge in [0, 0.05) is 30.3 Å². The fourth-order valence-electron chi connectivity index (χ4n) is 2.66. The fraction of sp³-hybridized carbons (Fsp3) is 0.222. The normalized spacial score (nSPS) is 11.0. The van der Waals surface area contributed by atoms with Crippen LogP contribution in [0.3, 0.4) is 0 Å². The molecule has 0 saturated heterocycles. The van der Waals surface area contributed by atoms with E-state index in [1.807, 2.05) is 0 Å². The summed E-state index contributed by atoms with van der Waals surface area (Å²) in [6, 6.07) is 9.64. The number of nitro benzene ring substituents is 1. The minimum absolute atomic E-state index is 0. The Morgan fingerprint density at radius 1 is 0.974 bits per heavy atom. The summed E-state index contributed by atoms with van der Waals surface area (Å²) in [4.78, 5) is 12.6. The van der Waals surface area contributed by atoms with Crippen LogP contribution in [0.15, 0.2) is 69.6 Å². The first kappa shape index (κ1) is 38.3. The molecule has 0 bridgehead atoms. The Balaban J connectivity index is 0.00000722. The zero-order chi connectivity index (χ0) is 27.1. The molecule has 2 rings (SSSR count). The van der Waals surface area contributed by atoms with Crippen molar-refractivity contribution >= 4 is 57.2 Å². The summed E-state index contributed by atoms with van der Waals surface area (Å²) in [6.07, 6.45) is 0. The van der Waals surface area contributed by atoms with E-state index in [1.54, 1.807) is 4.90 Å². The zero-order valence-corrected chi connectivity index (χ0v) is 27.0. The minimum atomic E-state index is -3.70. The molecule has 0 aromatic heterocycles. The van der Waals surface area contributed by atoms with Crippen LogP contribution in [0.1, 0.15) is 0 Å². The van der Waals surface area contributed by atoms with Crippen molar-refractivity contribution in [1.29, 1.82) is 0 Å². The van der Waals surface area contributed by atoms with Crippen molar-refractivity contribution < 1.29 is 110 Å². The molecule has 0 aliphatic rings. The van der Waals surface area contributed by atoms with Gasteiger partial charge < -0.3 is 15.4 Å². The van der Waals surface area contributed by atoms with Crippen LogP contribution in [0.2, 0.25) is 0 Å². The maximum absolute atomic E-state index is 12.0. The third kappa shape index (κ3) is 13.7. The molecule has 39 heavy (non-hydrogen) atoms. The zero-order valence-electron chi connectivity index (χ0n) is 20.6. The largest absolute Gasteiger partial charge is 1.00 e. The van der Waals surface area contributed by atoms with Crippen LogP contribution in [0.25, 0.3) is 0 Å². The first-order chi connectivity index (χ1) is 17.8. The summed E-state index contributed by atoms with van der Waals surface area (Å²) in [5.74, 6) is 0. The van der Waals surface area contributed by atoms with Crippen LogP contribution in [-0.4, -0.2) is 39.6 Å². The van der Waals surface area contributed by atoms with E-state index in [0.29, 0.717) is 30.3 Å². The molecule has 0 unspecified atom stereocenters. The van der Waals surface area contributed by atoms with E-state index in [2.05, 4.69) is 35.6 Å². The molecule has 0 saturated carbocycles. The monoisotopic (exact) mass is 624 g/mol. The van der Waals surface area contributed by atoms with Crippen LogP contribution in [-0.2, 0) is 36.9 Å². The smallest absolute Gasteiger partial charge is 0.691 e. The number of benzene rings is 2. The Labute approximate surface area is 275 Å². The average Bonchev–Trinajstić information content (AvgIpc) is 2.90. The van der Waals surface area contributed by atoms with Crippen molar-refractivity contribution in [1.82, 2.24) is 0 Å². The van der Waals surface area contributed by atoms with Crippen LogP contribution >= 0.6 is 24.6 Å². The van der Waals surface area contributed by atoms with Crippen molar-refractivity contribution in [2.75, 3.05) is 31.2 Å². The molecule has 16 nitrogen and oxygen atoms in total. The van der Waals surface area contributed by atoms with Gasteiger partial charge in [-0.2, -0.15) is 5.11 Å². The van der Waals surface area contributed by atoms with Crippen LogP contribution in [0.4, 0.5) is 22.7 Å². The predicted octanol–water partition coefficient (Wildman–Crippen LogP) is -3.65. The third-order valence-corrected chi connectivity index (χ3v) is 6.35. The van der Waals surface area contributed by atoms with Crippen molar-refractivity contribution in [3.05, 3.63) is 64.6 Å². The molecule has 0 radical (unpaired) electrons. The van der Waals surface area contributed by atoms with Gasteiger partial charge in [-0.25, -0.2) is 8.42 Å². The Kier molecular flexibility index (Phi) is 20.7. The molecular formula is C18H18N4Na2O12S3. The molecule has 0 N–H and O–H groups in total. The van der Waals surface area contributed by atoms with Gasteiger partial charge in [-0.1, -0.05) is 12.6 Å². The molecule has 21 heteroatoms. The van der Waals surface area contributed by atoms with Gasteiger partial charge in [0.05, 0.1) is 28.7 Å². The molecule has 0 spiro atoms. The SMILES string of the molecule is C=CS(=O)(=O)c1cccc(N=Nc2ccc(N(CCOSOO[O-])CCOSOO[O-])cc2[N+](=O)[O-])c1.[Na+].[Na+]. The van der Waals surface area contributed by atoms with Crippen molar-refractivity contribution in [3.63, 3.8) is 0 Å². The van der Waals surface area contributed by atoms with Crippen molar-refractivity contribution in [2.24, 2.45) is 10.2 Å². The Morgan fingerprint density at radius 2 is 1.59 bits per heavy atom. The fourth-order valence-corrected chi connectivity index (χ4v) is 3.82. The first-order valence-corrected chi connectivity index (χ1v) is 12.6. The van der Waals surface area contributed by atoms with Crippen LogP contribution in [0.5, 0.6) is 0 Å². The van der Waals surface area contributed by atoms with E-state index in [9.17, 15) is 29.0 Å². The van der Waals surface area contributed by atoms with Gasteiger partial charge in [0.1, 0.15) is 0 Å². The van der Waals surface area contributed by atoms with Gasteiger partial charge in [0.15, 0.2) is 40.2 Å². The van der Waals surface area contributed by atoms with Crippen molar-refractivity contribution in [3.8, 4) is 0 Å². The quantitative estimate of drug-likeness (QED) is 0.0298. The summed E-state index contributed by atoms with van der Waals surface area (Å²) in [6.45, 7) is 3.58. The van der Waals surface area contributed by atoms with Crippen molar-refractivity contribution in [2.45, 2.75) is 4.90 Å².